The standard InChI is InChI=1S/C14H18O2/c1-10(15)13-8-9-14(16-11(13)2)12-6-4-3-5-7-12/h3-7,11,14-15H,8-9H2,1-2H3/b13-10+/t11-,14-/m0/s1. The van der Waals surface area contributed by atoms with Crippen LogP contribution in [0, 0.1) is 0 Å². The predicted octanol–water partition coefficient (Wildman–Crippen LogP) is 3.76. The molecule has 0 amide bonds. The van der Waals surface area contributed by atoms with E-state index >= 15 is 0 Å². The third-order valence-electron chi connectivity index (χ3n) is 3.17. The summed E-state index contributed by atoms with van der Waals surface area (Å²) >= 11 is 0. The zero-order valence-corrected chi connectivity index (χ0v) is 9.81. The average Bonchev–Trinajstić information content (AvgIpc) is 2.29. The fraction of sp³-hybridized carbons (Fsp3) is 0.429. The van der Waals surface area contributed by atoms with Crippen LogP contribution in [0.4, 0.5) is 0 Å². The molecule has 16 heavy (non-hydrogen) atoms. The van der Waals surface area contributed by atoms with E-state index in [0.29, 0.717) is 5.76 Å². The molecule has 1 heterocycles. The Morgan fingerprint density at radius 3 is 2.56 bits per heavy atom. The van der Waals surface area contributed by atoms with Gasteiger partial charge in [0.15, 0.2) is 0 Å². The lowest BCUT2D eigenvalue weighted by Gasteiger charge is -2.30. The SMILES string of the molecule is C/C(O)=C1/CC[C@@H](c2ccccc2)O[C@H]1C. The lowest BCUT2D eigenvalue weighted by atomic mass is 9.94. The Morgan fingerprint density at radius 2 is 2.00 bits per heavy atom. The Morgan fingerprint density at radius 1 is 1.31 bits per heavy atom. The molecular formula is C14H18O2. The van der Waals surface area contributed by atoms with E-state index in [9.17, 15) is 5.11 Å². The largest absolute Gasteiger partial charge is 0.513 e. The van der Waals surface area contributed by atoms with Crippen LogP contribution in [0.1, 0.15) is 38.4 Å². The fourth-order valence-electron chi connectivity index (χ4n) is 2.27. The van der Waals surface area contributed by atoms with E-state index in [2.05, 4.69) is 12.1 Å². The molecule has 1 aliphatic heterocycles. The first kappa shape index (κ1) is 11.2. The summed E-state index contributed by atoms with van der Waals surface area (Å²) in [7, 11) is 0. The number of rotatable bonds is 1. The van der Waals surface area contributed by atoms with Crippen LogP contribution in [0.15, 0.2) is 41.7 Å². The summed E-state index contributed by atoms with van der Waals surface area (Å²) in [5.74, 6) is 0.416. The highest BCUT2D eigenvalue weighted by Crippen LogP contribution is 2.34. The van der Waals surface area contributed by atoms with Gasteiger partial charge < -0.3 is 9.84 Å². The lowest BCUT2D eigenvalue weighted by Crippen LogP contribution is -2.23. The molecule has 0 unspecified atom stereocenters. The molecule has 1 saturated heterocycles. The number of allylic oxidation sites excluding steroid dienone is 1. The number of ether oxygens (including phenoxy) is 1. The van der Waals surface area contributed by atoms with Crippen molar-refractivity contribution >= 4 is 0 Å². The van der Waals surface area contributed by atoms with Crippen molar-refractivity contribution in [1.82, 2.24) is 0 Å². The summed E-state index contributed by atoms with van der Waals surface area (Å²) in [6, 6.07) is 10.3. The van der Waals surface area contributed by atoms with Crippen LogP contribution >= 0.6 is 0 Å². The maximum atomic E-state index is 9.50. The van der Waals surface area contributed by atoms with Gasteiger partial charge in [0.25, 0.3) is 0 Å². The first-order valence-electron chi connectivity index (χ1n) is 5.77. The second-order valence-electron chi connectivity index (χ2n) is 4.33. The minimum absolute atomic E-state index is 0.0176. The molecule has 1 fully saturated rings. The molecule has 0 saturated carbocycles. The lowest BCUT2D eigenvalue weighted by molar-refractivity contribution is -0.0137. The van der Waals surface area contributed by atoms with Gasteiger partial charge in [0.05, 0.1) is 18.0 Å². The van der Waals surface area contributed by atoms with Crippen molar-refractivity contribution in [2.75, 3.05) is 0 Å². The Hall–Kier alpha value is -1.28. The molecule has 2 nitrogen and oxygen atoms in total. The molecule has 0 aromatic heterocycles. The molecule has 1 aromatic carbocycles. The van der Waals surface area contributed by atoms with Crippen LogP contribution in [0.2, 0.25) is 0 Å². The van der Waals surface area contributed by atoms with Gasteiger partial charge in [0, 0.05) is 0 Å². The molecule has 0 bridgehead atoms. The molecule has 1 aromatic rings. The van der Waals surface area contributed by atoms with Gasteiger partial charge in [-0.1, -0.05) is 30.3 Å². The van der Waals surface area contributed by atoms with Crippen molar-refractivity contribution in [1.29, 1.82) is 0 Å². The van der Waals surface area contributed by atoms with Crippen molar-refractivity contribution in [3.8, 4) is 0 Å². The zero-order chi connectivity index (χ0) is 11.5. The van der Waals surface area contributed by atoms with E-state index in [4.69, 9.17) is 4.74 Å². The van der Waals surface area contributed by atoms with Crippen molar-refractivity contribution in [3.63, 3.8) is 0 Å². The van der Waals surface area contributed by atoms with Gasteiger partial charge in [-0.15, -0.1) is 0 Å². The minimum atomic E-state index is 0.0176. The van der Waals surface area contributed by atoms with Gasteiger partial charge in [-0.3, -0.25) is 0 Å². The predicted molar refractivity (Wildman–Crippen MR) is 64.3 cm³/mol. The first-order valence-corrected chi connectivity index (χ1v) is 5.77. The second kappa shape index (κ2) is 4.71. The maximum absolute atomic E-state index is 9.50. The van der Waals surface area contributed by atoms with E-state index in [1.807, 2.05) is 25.1 Å². The van der Waals surface area contributed by atoms with Crippen LogP contribution < -0.4 is 0 Å². The van der Waals surface area contributed by atoms with E-state index in [0.717, 1.165) is 18.4 Å². The smallest absolute Gasteiger partial charge is 0.0909 e. The Bertz CT molecular complexity index is 377. The molecule has 2 atom stereocenters. The summed E-state index contributed by atoms with van der Waals surface area (Å²) in [5.41, 5.74) is 2.26. The quantitative estimate of drug-likeness (QED) is 0.727. The molecule has 1 N–H and O–H groups in total. The summed E-state index contributed by atoms with van der Waals surface area (Å²) in [6.07, 6.45) is 2.05. The number of hydrogen-bond donors (Lipinski definition) is 1. The Labute approximate surface area is 96.6 Å². The zero-order valence-electron chi connectivity index (χ0n) is 9.81. The molecular weight excluding hydrogens is 200 g/mol. The highest BCUT2D eigenvalue weighted by Gasteiger charge is 2.25. The highest BCUT2D eigenvalue weighted by atomic mass is 16.5. The fourth-order valence-corrected chi connectivity index (χ4v) is 2.27. The van der Waals surface area contributed by atoms with Crippen molar-refractivity contribution < 1.29 is 9.84 Å². The second-order valence-corrected chi connectivity index (χ2v) is 4.33. The molecule has 2 rings (SSSR count). The number of benzene rings is 1. The topological polar surface area (TPSA) is 29.5 Å². The van der Waals surface area contributed by atoms with Crippen molar-refractivity contribution in [2.24, 2.45) is 0 Å². The van der Waals surface area contributed by atoms with Gasteiger partial charge in [-0.05, 0) is 37.8 Å². The Balaban J connectivity index is 2.12. The van der Waals surface area contributed by atoms with Gasteiger partial charge in [-0.2, -0.15) is 0 Å². The van der Waals surface area contributed by atoms with Gasteiger partial charge in [-0.25, -0.2) is 0 Å². The van der Waals surface area contributed by atoms with Gasteiger partial charge in [0.2, 0.25) is 0 Å². The van der Waals surface area contributed by atoms with Crippen LogP contribution in [0.5, 0.6) is 0 Å². The monoisotopic (exact) mass is 218 g/mol. The number of hydrogen-bond acceptors (Lipinski definition) is 2. The van der Waals surface area contributed by atoms with Crippen LogP contribution in [-0.2, 0) is 4.74 Å². The van der Waals surface area contributed by atoms with Crippen molar-refractivity contribution in [2.45, 2.75) is 38.9 Å². The normalized spacial score (nSPS) is 28.9. The van der Waals surface area contributed by atoms with E-state index < -0.39 is 0 Å². The summed E-state index contributed by atoms with van der Waals surface area (Å²) in [6.45, 7) is 3.74. The Kier molecular flexibility index (Phi) is 3.30. The van der Waals surface area contributed by atoms with Gasteiger partial charge >= 0.3 is 0 Å². The van der Waals surface area contributed by atoms with E-state index in [1.54, 1.807) is 6.92 Å². The van der Waals surface area contributed by atoms with E-state index in [-0.39, 0.29) is 12.2 Å². The van der Waals surface area contributed by atoms with Gasteiger partial charge in [0.1, 0.15) is 0 Å². The van der Waals surface area contributed by atoms with Crippen LogP contribution in [-0.4, -0.2) is 11.2 Å². The number of aliphatic hydroxyl groups excluding tert-OH is 1. The van der Waals surface area contributed by atoms with Crippen LogP contribution in [0.3, 0.4) is 0 Å². The molecule has 1 aliphatic rings. The third-order valence-corrected chi connectivity index (χ3v) is 3.17. The molecule has 2 heteroatoms. The third kappa shape index (κ3) is 2.27. The summed E-state index contributed by atoms with van der Waals surface area (Å²) in [4.78, 5) is 0. The van der Waals surface area contributed by atoms with Crippen LogP contribution in [0.25, 0.3) is 0 Å². The minimum Gasteiger partial charge on any atom is -0.513 e. The maximum Gasteiger partial charge on any atom is 0.0909 e. The molecule has 0 aliphatic carbocycles. The molecule has 0 spiro atoms. The average molecular weight is 218 g/mol. The van der Waals surface area contributed by atoms with Crippen molar-refractivity contribution in [3.05, 3.63) is 47.2 Å². The number of aliphatic hydroxyl groups is 1. The molecule has 0 radical (unpaired) electrons. The molecule has 86 valence electrons. The first-order chi connectivity index (χ1) is 7.68. The summed E-state index contributed by atoms with van der Waals surface area (Å²) < 4.78 is 5.93. The van der Waals surface area contributed by atoms with E-state index in [1.165, 1.54) is 5.56 Å². The summed E-state index contributed by atoms with van der Waals surface area (Å²) in [5, 5.41) is 9.50. The highest BCUT2D eigenvalue weighted by molar-refractivity contribution is 5.21.